The van der Waals surface area contributed by atoms with Crippen LogP contribution in [0.2, 0.25) is 0 Å². The number of nitrogens with zero attached hydrogens (tertiary/aromatic N) is 2. The lowest BCUT2D eigenvalue weighted by atomic mass is 10.3. The van der Waals surface area contributed by atoms with E-state index in [9.17, 15) is 9.59 Å². The van der Waals surface area contributed by atoms with Crippen molar-refractivity contribution in [3.8, 4) is 0 Å². The van der Waals surface area contributed by atoms with Crippen LogP contribution < -0.4 is 10.6 Å². The highest BCUT2D eigenvalue weighted by molar-refractivity contribution is 7.09. The first-order valence-corrected chi connectivity index (χ1v) is 8.49. The Morgan fingerprint density at radius 2 is 2.18 bits per heavy atom. The van der Waals surface area contributed by atoms with Crippen molar-refractivity contribution in [2.45, 2.75) is 13.0 Å². The average molecular weight is 324 g/mol. The summed E-state index contributed by atoms with van der Waals surface area (Å²) in [6.45, 7) is 4.80. The predicted octanol–water partition coefficient (Wildman–Crippen LogP) is 0.118. The van der Waals surface area contributed by atoms with E-state index < -0.39 is 0 Å². The first-order valence-electron chi connectivity index (χ1n) is 7.61. The van der Waals surface area contributed by atoms with Gasteiger partial charge in [0, 0.05) is 44.0 Å². The van der Waals surface area contributed by atoms with Gasteiger partial charge in [0.2, 0.25) is 11.8 Å². The van der Waals surface area contributed by atoms with Crippen LogP contribution in [0.15, 0.2) is 17.5 Å². The summed E-state index contributed by atoms with van der Waals surface area (Å²) >= 11 is 1.63. The standard InChI is InChI=1S/C15H24N4O2S/c1-18(7-4-15(21)19-8-5-16-6-9-19)12-14(20)17-11-13-3-2-10-22-13/h2-3,10,16H,4-9,11-12H2,1H3,(H,17,20). The molecule has 0 bridgehead atoms. The van der Waals surface area contributed by atoms with E-state index in [1.54, 1.807) is 11.3 Å². The number of piperazine rings is 1. The summed E-state index contributed by atoms with van der Waals surface area (Å²) < 4.78 is 0. The molecule has 0 atom stereocenters. The van der Waals surface area contributed by atoms with Gasteiger partial charge in [-0.3, -0.25) is 14.5 Å². The molecule has 22 heavy (non-hydrogen) atoms. The number of hydrogen-bond acceptors (Lipinski definition) is 5. The second-order valence-corrected chi connectivity index (χ2v) is 6.51. The summed E-state index contributed by atoms with van der Waals surface area (Å²) in [6.07, 6.45) is 0.467. The van der Waals surface area contributed by atoms with Crippen molar-refractivity contribution in [2.24, 2.45) is 0 Å². The number of hydrogen-bond donors (Lipinski definition) is 2. The fourth-order valence-electron chi connectivity index (χ4n) is 2.34. The maximum Gasteiger partial charge on any atom is 0.234 e. The molecule has 2 amide bonds. The van der Waals surface area contributed by atoms with E-state index in [2.05, 4.69) is 10.6 Å². The van der Waals surface area contributed by atoms with Crippen LogP contribution in [0.3, 0.4) is 0 Å². The van der Waals surface area contributed by atoms with Gasteiger partial charge in [-0.1, -0.05) is 6.07 Å². The molecule has 0 unspecified atom stereocenters. The number of rotatable bonds is 7. The van der Waals surface area contributed by atoms with Gasteiger partial charge in [-0.05, 0) is 18.5 Å². The summed E-state index contributed by atoms with van der Waals surface area (Å²) in [7, 11) is 1.87. The first-order chi connectivity index (χ1) is 10.6. The quantitative estimate of drug-likeness (QED) is 0.748. The normalized spacial score (nSPS) is 15.1. The highest BCUT2D eigenvalue weighted by atomic mass is 32.1. The van der Waals surface area contributed by atoms with E-state index >= 15 is 0 Å². The van der Waals surface area contributed by atoms with Crippen LogP contribution in [0.4, 0.5) is 0 Å². The maximum atomic E-state index is 12.0. The smallest absolute Gasteiger partial charge is 0.234 e. The van der Waals surface area contributed by atoms with Gasteiger partial charge in [-0.15, -0.1) is 11.3 Å². The fraction of sp³-hybridized carbons (Fsp3) is 0.600. The third-order valence-electron chi connectivity index (χ3n) is 3.63. The molecule has 2 N–H and O–H groups in total. The van der Waals surface area contributed by atoms with Gasteiger partial charge < -0.3 is 15.5 Å². The van der Waals surface area contributed by atoms with Crippen LogP contribution in [-0.2, 0) is 16.1 Å². The molecule has 2 rings (SSSR count). The predicted molar refractivity (Wildman–Crippen MR) is 87.7 cm³/mol. The lowest BCUT2D eigenvalue weighted by Gasteiger charge is -2.28. The average Bonchev–Trinajstić information content (AvgIpc) is 3.05. The summed E-state index contributed by atoms with van der Waals surface area (Å²) in [6, 6.07) is 3.97. The molecule has 1 fully saturated rings. The van der Waals surface area contributed by atoms with Gasteiger partial charge >= 0.3 is 0 Å². The molecule has 0 aliphatic carbocycles. The molecule has 0 saturated carbocycles. The molecule has 0 spiro atoms. The first kappa shape index (κ1) is 16.9. The number of nitrogens with one attached hydrogen (secondary N) is 2. The summed E-state index contributed by atoms with van der Waals surface area (Å²) in [5, 5.41) is 8.12. The summed E-state index contributed by atoms with van der Waals surface area (Å²) in [5.74, 6) is 0.165. The number of carbonyl (C=O) groups is 2. The molecule has 1 saturated heterocycles. The molecule has 122 valence electrons. The van der Waals surface area contributed by atoms with Crippen molar-refractivity contribution in [3.63, 3.8) is 0 Å². The minimum atomic E-state index is -0.00878. The van der Waals surface area contributed by atoms with Crippen molar-refractivity contribution in [3.05, 3.63) is 22.4 Å². The molecule has 1 aromatic heterocycles. The summed E-state index contributed by atoms with van der Waals surface area (Å²) in [5.41, 5.74) is 0. The SMILES string of the molecule is CN(CCC(=O)N1CCNCC1)CC(=O)NCc1cccs1. The molecular weight excluding hydrogens is 300 g/mol. The van der Waals surface area contributed by atoms with Crippen molar-refractivity contribution >= 4 is 23.2 Å². The van der Waals surface area contributed by atoms with Crippen LogP contribution in [0, 0.1) is 0 Å². The van der Waals surface area contributed by atoms with Crippen LogP contribution >= 0.6 is 11.3 Å². The zero-order valence-corrected chi connectivity index (χ0v) is 13.8. The highest BCUT2D eigenvalue weighted by Crippen LogP contribution is 2.07. The minimum Gasteiger partial charge on any atom is -0.350 e. The second kappa shape index (κ2) is 8.87. The molecule has 6 nitrogen and oxygen atoms in total. The lowest BCUT2D eigenvalue weighted by Crippen LogP contribution is -2.47. The van der Waals surface area contributed by atoms with E-state index in [1.807, 2.05) is 34.4 Å². The molecule has 1 aliphatic heterocycles. The lowest BCUT2D eigenvalue weighted by molar-refractivity contribution is -0.132. The molecule has 7 heteroatoms. The number of carbonyl (C=O) groups excluding carboxylic acids is 2. The molecule has 0 aromatic carbocycles. The molecule has 0 radical (unpaired) electrons. The summed E-state index contributed by atoms with van der Waals surface area (Å²) in [4.78, 5) is 28.8. The maximum absolute atomic E-state index is 12.0. The van der Waals surface area contributed by atoms with Gasteiger partial charge in [0.25, 0.3) is 0 Å². The Hall–Kier alpha value is -1.44. The van der Waals surface area contributed by atoms with Crippen molar-refractivity contribution in [1.82, 2.24) is 20.4 Å². The van der Waals surface area contributed by atoms with Gasteiger partial charge in [0.15, 0.2) is 0 Å². The Kier molecular flexibility index (Phi) is 6.82. The molecule has 2 heterocycles. The third-order valence-corrected chi connectivity index (χ3v) is 4.51. The largest absolute Gasteiger partial charge is 0.350 e. The number of thiophene rings is 1. The topological polar surface area (TPSA) is 64.7 Å². The van der Waals surface area contributed by atoms with E-state index in [0.717, 1.165) is 31.1 Å². The Bertz CT molecular complexity index is 472. The highest BCUT2D eigenvalue weighted by Gasteiger charge is 2.16. The van der Waals surface area contributed by atoms with Crippen LogP contribution in [-0.4, -0.2) is 67.9 Å². The van der Waals surface area contributed by atoms with Gasteiger partial charge in [0.05, 0.1) is 13.1 Å². The van der Waals surface area contributed by atoms with Gasteiger partial charge in [0.1, 0.15) is 0 Å². The van der Waals surface area contributed by atoms with Gasteiger partial charge in [-0.2, -0.15) is 0 Å². The zero-order chi connectivity index (χ0) is 15.8. The van der Waals surface area contributed by atoms with Crippen molar-refractivity contribution < 1.29 is 9.59 Å². The third kappa shape index (κ3) is 5.75. The Morgan fingerprint density at radius 1 is 1.41 bits per heavy atom. The molecule has 1 aromatic rings. The zero-order valence-electron chi connectivity index (χ0n) is 13.0. The molecule has 1 aliphatic rings. The Balaban J connectivity index is 1.61. The van der Waals surface area contributed by atoms with Crippen LogP contribution in [0.25, 0.3) is 0 Å². The van der Waals surface area contributed by atoms with E-state index in [1.165, 1.54) is 0 Å². The molecular formula is C15H24N4O2S. The van der Waals surface area contributed by atoms with Crippen molar-refractivity contribution in [1.29, 1.82) is 0 Å². The monoisotopic (exact) mass is 324 g/mol. The van der Waals surface area contributed by atoms with E-state index in [0.29, 0.717) is 26.1 Å². The fourth-order valence-corrected chi connectivity index (χ4v) is 2.98. The number of amides is 2. The minimum absolute atomic E-state index is 0.00878. The second-order valence-electron chi connectivity index (χ2n) is 5.47. The van der Waals surface area contributed by atoms with Crippen LogP contribution in [0.1, 0.15) is 11.3 Å². The number of likely N-dealkylation sites (N-methyl/N-ethyl adjacent to an activating group) is 1. The Morgan fingerprint density at radius 3 is 2.86 bits per heavy atom. The van der Waals surface area contributed by atoms with Crippen molar-refractivity contribution in [2.75, 3.05) is 46.3 Å². The van der Waals surface area contributed by atoms with E-state index in [-0.39, 0.29) is 11.8 Å². The van der Waals surface area contributed by atoms with Crippen LogP contribution in [0.5, 0.6) is 0 Å². The van der Waals surface area contributed by atoms with E-state index in [4.69, 9.17) is 0 Å². The van der Waals surface area contributed by atoms with Gasteiger partial charge in [-0.25, -0.2) is 0 Å². The Labute approximate surface area is 135 Å².